The lowest BCUT2D eigenvalue weighted by Crippen LogP contribution is -2.36. The Bertz CT molecular complexity index is 863. The van der Waals surface area contributed by atoms with Gasteiger partial charge in [0.1, 0.15) is 5.75 Å². The van der Waals surface area contributed by atoms with Crippen LogP contribution in [0.2, 0.25) is 0 Å². The van der Waals surface area contributed by atoms with Crippen LogP contribution in [0.3, 0.4) is 0 Å². The van der Waals surface area contributed by atoms with Gasteiger partial charge in [0.05, 0.1) is 11.3 Å². The number of carbonyl (C=O) groups excluding carboxylic acids is 2. The molecule has 30 heavy (non-hydrogen) atoms. The first-order valence-electron chi connectivity index (χ1n) is 10.8. The first-order chi connectivity index (χ1) is 14.3. The van der Waals surface area contributed by atoms with Gasteiger partial charge in [-0.2, -0.15) is 0 Å². The van der Waals surface area contributed by atoms with Crippen LogP contribution in [0, 0.1) is 0 Å². The monoisotopic (exact) mass is 408 g/mol. The molecule has 5 heteroatoms. The highest BCUT2D eigenvalue weighted by Crippen LogP contribution is 2.24. The van der Waals surface area contributed by atoms with E-state index in [0.717, 1.165) is 25.7 Å². The van der Waals surface area contributed by atoms with E-state index in [1.807, 2.05) is 24.3 Å². The molecule has 0 atom stereocenters. The Morgan fingerprint density at radius 1 is 0.967 bits per heavy atom. The Hall–Kier alpha value is -2.82. The Morgan fingerprint density at radius 3 is 2.30 bits per heavy atom. The second-order valence-corrected chi connectivity index (χ2v) is 8.97. The fraction of sp³-hybridized carbons (Fsp3) is 0.440. The van der Waals surface area contributed by atoms with Crippen LogP contribution in [0.1, 0.15) is 68.8 Å². The van der Waals surface area contributed by atoms with E-state index in [1.165, 1.54) is 12.0 Å². The molecular weight excluding hydrogens is 376 g/mol. The minimum atomic E-state index is -0.298. The van der Waals surface area contributed by atoms with Crippen molar-refractivity contribution in [1.29, 1.82) is 0 Å². The van der Waals surface area contributed by atoms with Crippen molar-refractivity contribution < 1.29 is 14.3 Å². The summed E-state index contributed by atoms with van der Waals surface area (Å²) in [5.41, 5.74) is 2.25. The molecule has 5 nitrogen and oxygen atoms in total. The fourth-order valence-electron chi connectivity index (χ4n) is 3.69. The number of benzene rings is 2. The van der Waals surface area contributed by atoms with Crippen LogP contribution in [0.4, 0.5) is 5.69 Å². The summed E-state index contributed by atoms with van der Waals surface area (Å²) in [6.07, 6.45) is 5.57. The molecule has 2 aromatic carbocycles. The first-order valence-corrected chi connectivity index (χ1v) is 10.8. The Balaban J connectivity index is 1.57. The maximum atomic E-state index is 12.7. The summed E-state index contributed by atoms with van der Waals surface area (Å²) in [6.45, 7) is 6.34. The van der Waals surface area contributed by atoms with Gasteiger partial charge in [0.15, 0.2) is 6.61 Å². The molecule has 0 unspecified atom stereocenters. The highest BCUT2D eigenvalue weighted by atomic mass is 16.5. The van der Waals surface area contributed by atoms with E-state index in [2.05, 4.69) is 31.4 Å². The summed E-state index contributed by atoms with van der Waals surface area (Å²) in [6, 6.07) is 15.1. The predicted octanol–water partition coefficient (Wildman–Crippen LogP) is 5.06. The molecule has 0 aromatic heterocycles. The van der Waals surface area contributed by atoms with Crippen LogP contribution < -0.4 is 15.4 Å². The SMILES string of the molecule is CC(C)(C)c1ccc(OCC(=O)Nc2ccccc2C(=O)NC2CCCCC2)cc1. The third kappa shape index (κ3) is 6.09. The van der Waals surface area contributed by atoms with Crippen molar-refractivity contribution >= 4 is 17.5 Å². The minimum Gasteiger partial charge on any atom is -0.484 e. The maximum absolute atomic E-state index is 12.7. The molecule has 3 rings (SSSR count). The van der Waals surface area contributed by atoms with E-state index >= 15 is 0 Å². The number of ether oxygens (including phenoxy) is 1. The number of para-hydroxylation sites is 1. The number of carbonyl (C=O) groups is 2. The van der Waals surface area contributed by atoms with Crippen molar-refractivity contribution in [2.75, 3.05) is 11.9 Å². The molecule has 0 heterocycles. The van der Waals surface area contributed by atoms with Crippen molar-refractivity contribution in [3.8, 4) is 5.75 Å². The smallest absolute Gasteiger partial charge is 0.262 e. The van der Waals surface area contributed by atoms with E-state index in [1.54, 1.807) is 24.3 Å². The van der Waals surface area contributed by atoms with Gasteiger partial charge in [-0.25, -0.2) is 0 Å². The molecule has 0 spiro atoms. The van der Waals surface area contributed by atoms with Crippen molar-refractivity contribution in [3.63, 3.8) is 0 Å². The summed E-state index contributed by atoms with van der Waals surface area (Å²) in [5.74, 6) is 0.200. The lowest BCUT2D eigenvalue weighted by molar-refractivity contribution is -0.118. The average Bonchev–Trinajstić information content (AvgIpc) is 2.73. The van der Waals surface area contributed by atoms with E-state index < -0.39 is 0 Å². The molecule has 160 valence electrons. The lowest BCUT2D eigenvalue weighted by Gasteiger charge is -2.23. The molecule has 1 fully saturated rings. The molecule has 2 N–H and O–H groups in total. The summed E-state index contributed by atoms with van der Waals surface area (Å²) in [7, 11) is 0. The Morgan fingerprint density at radius 2 is 1.63 bits per heavy atom. The van der Waals surface area contributed by atoms with Crippen LogP contribution >= 0.6 is 0 Å². The molecule has 1 aliphatic carbocycles. The number of hydrogen-bond donors (Lipinski definition) is 2. The number of rotatable bonds is 6. The van der Waals surface area contributed by atoms with Gasteiger partial charge in [0, 0.05) is 6.04 Å². The van der Waals surface area contributed by atoms with Crippen molar-refractivity contribution in [2.45, 2.75) is 64.3 Å². The second kappa shape index (κ2) is 9.79. The van der Waals surface area contributed by atoms with Crippen LogP contribution in [0.15, 0.2) is 48.5 Å². The summed E-state index contributed by atoms with van der Waals surface area (Å²) in [4.78, 5) is 25.1. The van der Waals surface area contributed by atoms with Gasteiger partial charge in [0.2, 0.25) is 0 Å². The van der Waals surface area contributed by atoms with Crippen LogP contribution in [0.25, 0.3) is 0 Å². The Kier molecular flexibility index (Phi) is 7.14. The third-order valence-corrected chi connectivity index (χ3v) is 5.48. The number of nitrogens with one attached hydrogen (secondary N) is 2. The first kappa shape index (κ1) is 21.9. The van der Waals surface area contributed by atoms with Crippen molar-refractivity contribution in [3.05, 3.63) is 59.7 Å². The van der Waals surface area contributed by atoms with Gasteiger partial charge in [-0.15, -0.1) is 0 Å². The summed E-state index contributed by atoms with van der Waals surface area (Å²) < 4.78 is 5.62. The number of anilines is 1. The lowest BCUT2D eigenvalue weighted by atomic mass is 9.87. The zero-order chi connectivity index (χ0) is 21.6. The normalized spacial score (nSPS) is 14.8. The van der Waals surface area contributed by atoms with Gasteiger partial charge < -0.3 is 15.4 Å². The minimum absolute atomic E-state index is 0.0673. The van der Waals surface area contributed by atoms with E-state index in [4.69, 9.17) is 4.74 Å². The van der Waals surface area contributed by atoms with Gasteiger partial charge in [-0.1, -0.05) is 64.3 Å². The van der Waals surface area contributed by atoms with Crippen LogP contribution in [0.5, 0.6) is 5.75 Å². The van der Waals surface area contributed by atoms with Crippen LogP contribution in [-0.4, -0.2) is 24.5 Å². The standard InChI is InChI=1S/C25H32N2O3/c1-25(2,3)18-13-15-20(16-14-18)30-17-23(28)27-22-12-8-7-11-21(22)24(29)26-19-9-5-4-6-10-19/h7-8,11-16,19H,4-6,9-10,17H2,1-3H3,(H,26,29)(H,27,28). The topological polar surface area (TPSA) is 67.4 Å². The molecule has 1 saturated carbocycles. The molecule has 2 aromatic rings. The van der Waals surface area contributed by atoms with Gasteiger partial charge in [-0.3, -0.25) is 9.59 Å². The number of hydrogen-bond acceptors (Lipinski definition) is 3. The van der Waals surface area contributed by atoms with Crippen molar-refractivity contribution in [1.82, 2.24) is 5.32 Å². The average molecular weight is 409 g/mol. The highest BCUT2D eigenvalue weighted by Gasteiger charge is 2.19. The quantitative estimate of drug-likeness (QED) is 0.702. The second-order valence-electron chi connectivity index (χ2n) is 8.97. The fourth-order valence-corrected chi connectivity index (χ4v) is 3.69. The molecular formula is C25H32N2O3. The zero-order valence-electron chi connectivity index (χ0n) is 18.2. The molecule has 1 aliphatic rings. The third-order valence-electron chi connectivity index (χ3n) is 5.48. The highest BCUT2D eigenvalue weighted by molar-refractivity contribution is 6.04. The maximum Gasteiger partial charge on any atom is 0.262 e. The molecule has 0 radical (unpaired) electrons. The van der Waals surface area contributed by atoms with E-state index in [-0.39, 0.29) is 29.9 Å². The van der Waals surface area contributed by atoms with Gasteiger partial charge in [-0.05, 0) is 48.1 Å². The van der Waals surface area contributed by atoms with Crippen LogP contribution in [-0.2, 0) is 10.2 Å². The van der Waals surface area contributed by atoms with E-state index in [0.29, 0.717) is 17.0 Å². The summed E-state index contributed by atoms with van der Waals surface area (Å²) >= 11 is 0. The van der Waals surface area contributed by atoms with E-state index in [9.17, 15) is 9.59 Å². The zero-order valence-corrected chi connectivity index (χ0v) is 18.2. The van der Waals surface area contributed by atoms with Gasteiger partial charge >= 0.3 is 0 Å². The predicted molar refractivity (Wildman–Crippen MR) is 120 cm³/mol. The largest absolute Gasteiger partial charge is 0.484 e. The Labute approximate surface area is 179 Å². The summed E-state index contributed by atoms with van der Waals surface area (Å²) in [5, 5.41) is 5.91. The molecule has 2 amide bonds. The molecule has 0 saturated heterocycles. The molecule has 0 aliphatic heterocycles. The van der Waals surface area contributed by atoms with Gasteiger partial charge in [0.25, 0.3) is 11.8 Å². The van der Waals surface area contributed by atoms with Crippen molar-refractivity contribution in [2.24, 2.45) is 0 Å². The number of amides is 2. The molecule has 0 bridgehead atoms.